The van der Waals surface area contributed by atoms with Crippen molar-refractivity contribution >= 4 is 23.2 Å². The van der Waals surface area contributed by atoms with Gasteiger partial charge in [-0.25, -0.2) is 14.0 Å². The van der Waals surface area contributed by atoms with Crippen LogP contribution in [0.15, 0.2) is 30.0 Å². The van der Waals surface area contributed by atoms with Gasteiger partial charge in [0.2, 0.25) is 0 Å². The third-order valence-electron chi connectivity index (χ3n) is 4.20. The third kappa shape index (κ3) is 2.98. The molecule has 0 saturated carbocycles. The maximum atomic E-state index is 13.7. The number of esters is 1. The number of hydrogen-bond acceptors (Lipinski definition) is 5. The predicted molar refractivity (Wildman–Crippen MR) is 86.5 cm³/mol. The summed E-state index contributed by atoms with van der Waals surface area (Å²) < 4.78 is 24.2. The predicted octanol–water partition coefficient (Wildman–Crippen LogP) is 2.49. The number of hydrogen-bond donors (Lipinski definition) is 0. The van der Waals surface area contributed by atoms with Gasteiger partial charge in [0.05, 0.1) is 17.9 Å². The van der Waals surface area contributed by atoms with E-state index in [2.05, 4.69) is 0 Å². The molecule has 0 radical (unpaired) electrons. The zero-order valence-electron chi connectivity index (χ0n) is 13.4. The molecule has 1 aromatic carbocycles. The topological polar surface area (TPSA) is 55.8 Å². The van der Waals surface area contributed by atoms with Crippen LogP contribution in [0.3, 0.4) is 0 Å². The summed E-state index contributed by atoms with van der Waals surface area (Å²) in [6, 6.07) is 4.22. The Bertz CT molecular complexity index is 731. The first-order valence-corrected chi connectivity index (χ1v) is 7.96. The van der Waals surface area contributed by atoms with Crippen molar-refractivity contribution in [3.63, 3.8) is 0 Å². The van der Waals surface area contributed by atoms with Crippen LogP contribution >= 0.6 is 0 Å². The van der Waals surface area contributed by atoms with Crippen molar-refractivity contribution in [1.29, 1.82) is 0 Å². The number of ether oxygens (including phenoxy) is 2. The summed E-state index contributed by atoms with van der Waals surface area (Å²) in [6.45, 7) is 3.13. The Labute approximate surface area is 139 Å². The summed E-state index contributed by atoms with van der Waals surface area (Å²) >= 11 is 0. The highest BCUT2D eigenvalue weighted by molar-refractivity contribution is 6.07. The van der Waals surface area contributed by atoms with Crippen LogP contribution in [0.5, 0.6) is 0 Å². The van der Waals surface area contributed by atoms with Crippen LogP contribution in [0, 0.1) is 5.82 Å². The van der Waals surface area contributed by atoms with E-state index >= 15 is 0 Å². The molecule has 2 aliphatic heterocycles. The van der Waals surface area contributed by atoms with Gasteiger partial charge >= 0.3 is 5.97 Å². The second-order valence-corrected chi connectivity index (χ2v) is 5.64. The van der Waals surface area contributed by atoms with Crippen LogP contribution in [0.1, 0.15) is 25.3 Å². The van der Waals surface area contributed by atoms with E-state index < -0.39 is 11.8 Å². The van der Waals surface area contributed by atoms with Crippen LogP contribution in [0.2, 0.25) is 0 Å². The molecule has 0 amide bonds. The van der Waals surface area contributed by atoms with Crippen LogP contribution in [0.25, 0.3) is 5.57 Å². The average molecular weight is 331 g/mol. The maximum Gasteiger partial charge on any atom is 0.355 e. The standard InChI is InChI=1S/C18H18FNO4/c1-2-24-18(22)17-9-12(11-21)15-10-13(19)3-4-16(15)20(17)14-5-7-23-8-6-14/h3-4,9-10,14H,2,5-8H2,1H3. The lowest BCUT2D eigenvalue weighted by Crippen LogP contribution is -2.43. The Morgan fingerprint density at radius 3 is 2.83 bits per heavy atom. The fourth-order valence-electron chi connectivity index (χ4n) is 3.13. The SMILES string of the molecule is CCOC(=O)C1=CC(=C=O)c2cc(F)ccc2N1C1CCOCC1. The van der Waals surface area contributed by atoms with Gasteiger partial charge < -0.3 is 14.4 Å². The smallest absolute Gasteiger partial charge is 0.355 e. The van der Waals surface area contributed by atoms with Gasteiger partial charge in [0.1, 0.15) is 17.5 Å². The van der Waals surface area contributed by atoms with Gasteiger partial charge in [-0.3, -0.25) is 0 Å². The molecule has 1 fully saturated rings. The Kier molecular flexibility index (Phi) is 4.79. The number of fused-ring (bicyclic) bond motifs is 1. The fourth-order valence-corrected chi connectivity index (χ4v) is 3.13. The van der Waals surface area contributed by atoms with E-state index in [0.717, 1.165) is 12.8 Å². The van der Waals surface area contributed by atoms with E-state index in [1.807, 2.05) is 4.90 Å². The van der Waals surface area contributed by atoms with E-state index in [1.54, 1.807) is 18.9 Å². The number of carbonyl (C=O) groups excluding carboxylic acids is 2. The number of anilines is 1. The van der Waals surface area contributed by atoms with Gasteiger partial charge in [-0.1, -0.05) is 0 Å². The molecule has 2 aliphatic rings. The Hall–Kier alpha value is -2.43. The molecule has 5 nitrogen and oxygen atoms in total. The van der Waals surface area contributed by atoms with Crippen LogP contribution in [-0.2, 0) is 19.1 Å². The second-order valence-electron chi connectivity index (χ2n) is 5.64. The molecule has 0 atom stereocenters. The highest BCUT2D eigenvalue weighted by Crippen LogP contribution is 2.39. The van der Waals surface area contributed by atoms with E-state index in [4.69, 9.17) is 9.47 Å². The van der Waals surface area contributed by atoms with Crippen molar-refractivity contribution in [2.45, 2.75) is 25.8 Å². The maximum absolute atomic E-state index is 13.7. The third-order valence-corrected chi connectivity index (χ3v) is 4.20. The largest absolute Gasteiger partial charge is 0.461 e. The first kappa shape index (κ1) is 16.4. The lowest BCUT2D eigenvalue weighted by atomic mass is 9.94. The monoisotopic (exact) mass is 331 g/mol. The Morgan fingerprint density at radius 1 is 1.42 bits per heavy atom. The van der Waals surface area contributed by atoms with Crippen molar-refractivity contribution in [3.05, 3.63) is 41.4 Å². The zero-order chi connectivity index (χ0) is 17.1. The second kappa shape index (κ2) is 6.99. The number of halogens is 1. The van der Waals surface area contributed by atoms with Crippen molar-refractivity contribution in [1.82, 2.24) is 0 Å². The highest BCUT2D eigenvalue weighted by Gasteiger charge is 2.34. The summed E-state index contributed by atoms with van der Waals surface area (Å²) in [7, 11) is 0. The fraction of sp³-hybridized carbons (Fsp3) is 0.389. The zero-order valence-corrected chi connectivity index (χ0v) is 13.4. The number of benzene rings is 1. The quantitative estimate of drug-likeness (QED) is 0.629. The Balaban J connectivity index is 2.12. The van der Waals surface area contributed by atoms with E-state index in [9.17, 15) is 14.0 Å². The van der Waals surface area contributed by atoms with Gasteiger partial charge in [0.25, 0.3) is 0 Å². The lowest BCUT2D eigenvalue weighted by Gasteiger charge is -2.39. The summed E-state index contributed by atoms with van der Waals surface area (Å²) in [4.78, 5) is 25.6. The molecule has 0 N–H and O–H groups in total. The first-order chi connectivity index (χ1) is 11.7. The minimum Gasteiger partial charge on any atom is -0.461 e. The minimum absolute atomic E-state index is 0.0202. The number of nitrogens with zero attached hydrogens (tertiary/aromatic N) is 1. The van der Waals surface area contributed by atoms with Crippen LogP contribution in [-0.4, -0.2) is 37.8 Å². The molecular weight excluding hydrogens is 313 g/mol. The van der Waals surface area contributed by atoms with E-state index in [-0.39, 0.29) is 23.9 Å². The summed E-state index contributed by atoms with van der Waals surface area (Å²) in [5.74, 6) is 0.851. The van der Waals surface area contributed by atoms with Crippen LogP contribution < -0.4 is 4.90 Å². The minimum atomic E-state index is -0.508. The molecule has 1 aromatic rings. The summed E-state index contributed by atoms with van der Waals surface area (Å²) in [5, 5.41) is 0. The van der Waals surface area contributed by atoms with Crippen molar-refractivity contribution in [2.24, 2.45) is 0 Å². The average Bonchev–Trinajstić information content (AvgIpc) is 2.61. The molecule has 2 heterocycles. The lowest BCUT2D eigenvalue weighted by molar-refractivity contribution is -0.138. The normalized spacial score (nSPS) is 17.8. The van der Waals surface area contributed by atoms with Gasteiger partial charge in [-0.15, -0.1) is 0 Å². The molecule has 126 valence electrons. The van der Waals surface area contributed by atoms with Crippen molar-refractivity contribution in [3.8, 4) is 0 Å². The first-order valence-electron chi connectivity index (χ1n) is 7.96. The summed E-state index contributed by atoms with van der Waals surface area (Å²) in [6.07, 6.45) is 2.89. The molecule has 1 saturated heterocycles. The molecule has 0 spiro atoms. The van der Waals surface area contributed by atoms with Gasteiger partial charge in [0.15, 0.2) is 0 Å². The van der Waals surface area contributed by atoms with Crippen molar-refractivity contribution < 1.29 is 23.5 Å². The molecule has 0 aromatic heterocycles. The molecule has 24 heavy (non-hydrogen) atoms. The number of rotatable bonds is 3. The van der Waals surface area contributed by atoms with E-state index in [1.165, 1.54) is 18.2 Å². The number of carbonyl (C=O) groups is 1. The molecule has 3 rings (SSSR count). The summed E-state index contributed by atoms with van der Waals surface area (Å²) in [5.41, 5.74) is 1.48. The van der Waals surface area contributed by atoms with Gasteiger partial charge in [-0.05, 0) is 44.0 Å². The number of allylic oxidation sites excluding steroid dienone is 2. The molecular formula is C18H18FNO4. The van der Waals surface area contributed by atoms with Crippen LogP contribution in [0.4, 0.5) is 10.1 Å². The van der Waals surface area contributed by atoms with E-state index in [0.29, 0.717) is 24.5 Å². The molecule has 0 aliphatic carbocycles. The Morgan fingerprint density at radius 2 is 2.17 bits per heavy atom. The highest BCUT2D eigenvalue weighted by atomic mass is 19.1. The van der Waals surface area contributed by atoms with Gasteiger partial charge in [-0.2, -0.15) is 0 Å². The van der Waals surface area contributed by atoms with Gasteiger partial charge in [0, 0.05) is 24.8 Å². The van der Waals surface area contributed by atoms with Crippen molar-refractivity contribution in [2.75, 3.05) is 24.7 Å². The molecule has 6 heteroatoms. The molecule has 0 unspecified atom stereocenters. The molecule has 0 bridgehead atoms.